The fourth-order valence-electron chi connectivity index (χ4n) is 4.05. The molecule has 0 spiro atoms. The first-order valence-electron chi connectivity index (χ1n) is 10.0. The molecule has 2 aliphatic rings. The maximum absolute atomic E-state index is 12.7. The van der Waals surface area contributed by atoms with Crippen LogP contribution in [-0.4, -0.2) is 33.9 Å². The minimum absolute atomic E-state index is 0.0870. The smallest absolute Gasteiger partial charge is 0.315 e. The SMILES string of the molecule is CC(C)(NC(=O)C1CCC(NC(=O)C2CCCC2)CC1)c1noc(C(N)=O)n1. The molecule has 0 radical (unpaired) electrons. The number of carbonyl (C=O) groups excluding carboxylic acids is 3. The van der Waals surface area contributed by atoms with Gasteiger partial charge in [-0.25, -0.2) is 0 Å². The van der Waals surface area contributed by atoms with Gasteiger partial charge >= 0.3 is 11.8 Å². The molecule has 0 atom stereocenters. The van der Waals surface area contributed by atoms with Gasteiger partial charge in [-0.15, -0.1) is 0 Å². The highest BCUT2D eigenvalue weighted by Gasteiger charge is 2.34. The van der Waals surface area contributed by atoms with Gasteiger partial charge in [-0.1, -0.05) is 18.0 Å². The van der Waals surface area contributed by atoms with Crippen LogP contribution >= 0.6 is 0 Å². The molecule has 3 amide bonds. The standard InChI is InChI=1S/C19H29N5O4/c1-19(2,18-22-17(14(20)25)28-24-18)23-16(27)12-7-9-13(10-8-12)21-15(26)11-5-3-4-6-11/h11-13H,3-10H2,1-2H3,(H2,20,25)(H,21,26)(H,23,27). The second kappa shape index (κ2) is 8.28. The van der Waals surface area contributed by atoms with Crippen LogP contribution in [0.3, 0.4) is 0 Å². The summed E-state index contributed by atoms with van der Waals surface area (Å²) in [5, 5.41) is 9.83. The van der Waals surface area contributed by atoms with E-state index in [-0.39, 0.29) is 41.4 Å². The molecule has 0 aliphatic heterocycles. The number of aromatic nitrogens is 2. The van der Waals surface area contributed by atoms with Gasteiger partial charge in [0.1, 0.15) is 0 Å². The molecule has 0 unspecified atom stereocenters. The van der Waals surface area contributed by atoms with Crippen molar-refractivity contribution in [3.63, 3.8) is 0 Å². The molecule has 0 aromatic carbocycles. The molecule has 28 heavy (non-hydrogen) atoms. The van der Waals surface area contributed by atoms with E-state index in [2.05, 4.69) is 20.8 Å². The highest BCUT2D eigenvalue weighted by atomic mass is 16.5. The van der Waals surface area contributed by atoms with E-state index in [1.807, 2.05) is 0 Å². The summed E-state index contributed by atoms with van der Waals surface area (Å²) in [6.07, 6.45) is 7.30. The van der Waals surface area contributed by atoms with Gasteiger partial charge in [0.15, 0.2) is 5.82 Å². The maximum atomic E-state index is 12.7. The summed E-state index contributed by atoms with van der Waals surface area (Å²) >= 11 is 0. The Balaban J connectivity index is 1.48. The van der Waals surface area contributed by atoms with Crippen LogP contribution in [0.5, 0.6) is 0 Å². The number of nitrogens with zero attached hydrogens (tertiary/aromatic N) is 2. The molecule has 1 heterocycles. The number of hydrogen-bond donors (Lipinski definition) is 3. The van der Waals surface area contributed by atoms with Crippen LogP contribution < -0.4 is 16.4 Å². The normalized spacial score (nSPS) is 23.4. The highest BCUT2D eigenvalue weighted by Crippen LogP contribution is 2.28. The van der Waals surface area contributed by atoms with Gasteiger partial charge in [0.2, 0.25) is 11.8 Å². The molecule has 154 valence electrons. The summed E-state index contributed by atoms with van der Waals surface area (Å²) < 4.78 is 4.81. The van der Waals surface area contributed by atoms with Crippen LogP contribution in [0.25, 0.3) is 0 Å². The van der Waals surface area contributed by atoms with Gasteiger partial charge in [-0.2, -0.15) is 4.98 Å². The van der Waals surface area contributed by atoms with Gasteiger partial charge < -0.3 is 20.9 Å². The van der Waals surface area contributed by atoms with E-state index in [1.54, 1.807) is 13.8 Å². The van der Waals surface area contributed by atoms with Crippen molar-refractivity contribution >= 4 is 17.7 Å². The number of amides is 3. The molecule has 0 saturated heterocycles. The van der Waals surface area contributed by atoms with Crippen molar-refractivity contribution in [3.05, 3.63) is 11.7 Å². The third-order valence-electron chi connectivity index (χ3n) is 5.80. The van der Waals surface area contributed by atoms with Crippen molar-refractivity contribution < 1.29 is 18.9 Å². The molecule has 2 aliphatic carbocycles. The second-order valence-electron chi connectivity index (χ2n) is 8.44. The summed E-state index contributed by atoms with van der Waals surface area (Å²) in [6.45, 7) is 3.49. The minimum Gasteiger partial charge on any atom is -0.361 e. The number of nitrogens with one attached hydrogen (secondary N) is 2. The van der Waals surface area contributed by atoms with E-state index >= 15 is 0 Å². The molecule has 3 rings (SSSR count). The first-order chi connectivity index (χ1) is 13.3. The van der Waals surface area contributed by atoms with Crippen LogP contribution in [-0.2, 0) is 15.1 Å². The van der Waals surface area contributed by atoms with E-state index in [0.717, 1.165) is 51.4 Å². The second-order valence-corrected chi connectivity index (χ2v) is 8.44. The average molecular weight is 391 g/mol. The molecule has 2 fully saturated rings. The van der Waals surface area contributed by atoms with Crippen molar-refractivity contribution in [1.29, 1.82) is 0 Å². The maximum Gasteiger partial charge on any atom is 0.315 e. The molecule has 9 heteroatoms. The summed E-state index contributed by atoms with van der Waals surface area (Å²) in [7, 11) is 0. The molecule has 0 bridgehead atoms. The number of nitrogens with two attached hydrogens (primary N) is 1. The zero-order valence-electron chi connectivity index (χ0n) is 16.5. The molecular formula is C19H29N5O4. The molecule has 4 N–H and O–H groups in total. The monoisotopic (exact) mass is 391 g/mol. The molecule has 1 aromatic heterocycles. The van der Waals surface area contributed by atoms with E-state index in [1.165, 1.54) is 0 Å². The predicted molar refractivity (Wildman–Crippen MR) is 99.8 cm³/mol. The minimum atomic E-state index is -0.887. The number of primary amides is 1. The zero-order chi connectivity index (χ0) is 20.3. The molecule has 2 saturated carbocycles. The van der Waals surface area contributed by atoms with E-state index in [9.17, 15) is 14.4 Å². The fraction of sp³-hybridized carbons (Fsp3) is 0.737. The highest BCUT2D eigenvalue weighted by molar-refractivity contribution is 5.87. The van der Waals surface area contributed by atoms with Crippen molar-refractivity contribution in [2.45, 2.75) is 76.8 Å². The Hall–Kier alpha value is -2.45. The van der Waals surface area contributed by atoms with Gasteiger partial charge in [0.05, 0.1) is 5.54 Å². The van der Waals surface area contributed by atoms with Gasteiger partial charge in [-0.05, 0) is 52.4 Å². The number of carbonyl (C=O) groups is 3. The van der Waals surface area contributed by atoms with Crippen LogP contribution in [0.15, 0.2) is 4.52 Å². The van der Waals surface area contributed by atoms with Crippen molar-refractivity contribution in [1.82, 2.24) is 20.8 Å². The Kier molecular flexibility index (Phi) is 6.00. The van der Waals surface area contributed by atoms with Crippen LogP contribution in [0, 0.1) is 11.8 Å². The summed E-state index contributed by atoms with van der Waals surface area (Å²) in [5.41, 5.74) is 4.24. The van der Waals surface area contributed by atoms with Gasteiger partial charge in [0.25, 0.3) is 0 Å². The third-order valence-corrected chi connectivity index (χ3v) is 5.80. The summed E-state index contributed by atoms with van der Waals surface area (Å²) in [5.74, 6) is -0.754. The topological polar surface area (TPSA) is 140 Å². The van der Waals surface area contributed by atoms with Gasteiger partial charge in [-0.3, -0.25) is 14.4 Å². The first-order valence-corrected chi connectivity index (χ1v) is 10.0. The molecule has 1 aromatic rings. The average Bonchev–Trinajstić information content (AvgIpc) is 3.34. The van der Waals surface area contributed by atoms with Gasteiger partial charge in [0, 0.05) is 17.9 Å². The Labute approximate surface area is 164 Å². The lowest BCUT2D eigenvalue weighted by atomic mass is 9.84. The van der Waals surface area contributed by atoms with E-state index < -0.39 is 11.4 Å². The first kappa shape index (κ1) is 20.3. The van der Waals surface area contributed by atoms with Crippen molar-refractivity contribution in [2.24, 2.45) is 17.6 Å². The van der Waals surface area contributed by atoms with E-state index in [4.69, 9.17) is 10.3 Å². The Morgan fingerprint density at radius 1 is 1.00 bits per heavy atom. The Morgan fingerprint density at radius 2 is 1.61 bits per heavy atom. The van der Waals surface area contributed by atoms with Crippen LogP contribution in [0.4, 0.5) is 0 Å². The number of rotatable bonds is 6. The quantitative estimate of drug-likeness (QED) is 0.669. The van der Waals surface area contributed by atoms with Crippen LogP contribution in [0.2, 0.25) is 0 Å². The number of hydrogen-bond acceptors (Lipinski definition) is 6. The zero-order valence-corrected chi connectivity index (χ0v) is 16.5. The fourth-order valence-corrected chi connectivity index (χ4v) is 4.05. The van der Waals surface area contributed by atoms with Crippen molar-refractivity contribution in [3.8, 4) is 0 Å². The molecule has 9 nitrogen and oxygen atoms in total. The summed E-state index contributed by atoms with van der Waals surface area (Å²) in [6, 6.07) is 0.153. The predicted octanol–water partition coefficient (Wildman–Crippen LogP) is 1.38. The Morgan fingerprint density at radius 3 is 2.18 bits per heavy atom. The lowest BCUT2D eigenvalue weighted by Crippen LogP contribution is -2.47. The largest absolute Gasteiger partial charge is 0.361 e. The summed E-state index contributed by atoms with van der Waals surface area (Å²) in [4.78, 5) is 40.0. The third kappa shape index (κ3) is 4.69. The van der Waals surface area contributed by atoms with E-state index in [0.29, 0.717) is 0 Å². The molecular weight excluding hydrogens is 362 g/mol. The lowest BCUT2D eigenvalue weighted by molar-refractivity contribution is -0.128. The lowest BCUT2D eigenvalue weighted by Gasteiger charge is -2.31. The van der Waals surface area contributed by atoms with Crippen molar-refractivity contribution in [2.75, 3.05) is 0 Å². The van der Waals surface area contributed by atoms with Crippen LogP contribution in [0.1, 0.15) is 81.7 Å². The Bertz CT molecular complexity index is 730.